The third kappa shape index (κ3) is 3.05. The van der Waals surface area contributed by atoms with Crippen molar-refractivity contribution in [1.29, 1.82) is 0 Å². The zero-order valence-electron chi connectivity index (χ0n) is 11.2. The van der Waals surface area contributed by atoms with Crippen LogP contribution in [0.15, 0.2) is 41.1 Å². The van der Waals surface area contributed by atoms with Gasteiger partial charge in [0.1, 0.15) is 11.3 Å². The quantitative estimate of drug-likeness (QED) is 0.640. The van der Waals surface area contributed by atoms with Gasteiger partial charge in [-0.15, -0.1) is 0 Å². The van der Waals surface area contributed by atoms with E-state index >= 15 is 0 Å². The Labute approximate surface area is 121 Å². The summed E-state index contributed by atoms with van der Waals surface area (Å²) in [4.78, 5) is 23.9. The Balaban J connectivity index is 2.10. The van der Waals surface area contributed by atoms with Gasteiger partial charge in [0, 0.05) is 0 Å². The van der Waals surface area contributed by atoms with Crippen molar-refractivity contribution in [2.75, 3.05) is 7.11 Å². The van der Waals surface area contributed by atoms with Crippen molar-refractivity contribution in [1.82, 2.24) is 0 Å². The minimum atomic E-state index is -0.700. The van der Waals surface area contributed by atoms with E-state index in [1.807, 2.05) is 16.8 Å². The number of carbonyl (C=O) groups is 2. The summed E-state index contributed by atoms with van der Waals surface area (Å²) in [6.45, 7) is 1.71. The van der Waals surface area contributed by atoms with Gasteiger partial charge in [0.25, 0.3) is 0 Å². The Morgan fingerprint density at radius 2 is 1.95 bits per heavy atom. The minimum absolute atomic E-state index is 0.237. The van der Waals surface area contributed by atoms with Crippen LogP contribution in [0.25, 0.3) is 0 Å². The molecule has 1 unspecified atom stereocenters. The molecule has 0 aliphatic carbocycles. The van der Waals surface area contributed by atoms with Crippen molar-refractivity contribution >= 4 is 23.3 Å². The van der Waals surface area contributed by atoms with E-state index in [-0.39, 0.29) is 5.56 Å². The summed E-state index contributed by atoms with van der Waals surface area (Å²) in [5.74, 6) is -1.36. The highest BCUT2D eigenvalue weighted by Crippen LogP contribution is 2.22. The molecule has 1 atom stereocenters. The average molecular weight is 290 g/mol. The predicted molar refractivity (Wildman–Crippen MR) is 76.2 cm³/mol. The molecule has 0 saturated heterocycles. The van der Waals surface area contributed by atoms with Crippen molar-refractivity contribution < 1.29 is 19.1 Å². The molecular weight excluding hydrogens is 276 g/mol. The van der Waals surface area contributed by atoms with Gasteiger partial charge >= 0.3 is 11.9 Å². The lowest BCUT2D eigenvalue weighted by Gasteiger charge is -2.10. The first-order chi connectivity index (χ1) is 9.63. The minimum Gasteiger partial charge on any atom is -0.496 e. The summed E-state index contributed by atoms with van der Waals surface area (Å²) in [5.41, 5.74) is 1.08. The van der Waals surface area contributed by atoms with E-state index in [9.17, 15) is 9.59 Å². The molecule has 2 aromatic rings. The molecule has 0 aliphatic heterocycles. The van der Waals surface area contributed by atoms with E-state index < -0.39 is 17.9 Å². The number of hydrogen-bond donors (Lipinski definition) is 0. The molecule has 0 aliphatic rings. The Bertz CT molecular complexity index is 604. The summed E-state index contributed by atoms with van der Waals surface area (Å²) in [6.07, 6.45) is 0. The van der Waals surface area contributed by atoms with E-state index in [2.05, 4.69) is 0 Å². The Kier molecular flexibility index (Phi) is 4.53. The van der Waals surface area contributed by atoms with E-state index in [1.54, 1.807) is 31.2 Å². The largest absolute Gasteiger partial charge is 0.496 e. The standard InChI is InChI=1S/C15H14O4S/c1-10(11-7-8-20-9-11)14(16)19-15(17)12-5-3-4-6-13(12)18-2/h3-10H,1-2H3. The van der Waals surface area contributed by atoms with Crippen molar-refractivity contribution in [3.05, 3.63) is 52.2 Å². The number of thiophene rings is 1. The molecule has 0 N–H and O–H groups in total. The SMILES string of the molecule is COc1ccccc1C(=O)OC(=O)C(C)c1ccsc1. The number of ether oxygens (including phenoxy) is 2. The summed E-state index contributed by atoms with van der Waals surface area (Å²) < 4.78 is 9.98. The van der Waals surface area contributed by atoms with Crippen LogP contribution in [0.2, 0.25) is 0 Å². The average Bonchev–Trinajstić information content (AvgIpc) is 3.00. The van der Waals surface area contributed by atoms with Crippen LogP contribution in [-0.2, 0) is 9.53 Å². The van der Waals surface area contributed by atoms with Crippen molar-refractivity contribution in [3.63, 3.8) is 0 Å². The fraction of sp³-hybridized carbons (Fsp3) is 0.200. The van der Waals surface area contributed by atoms with Crippen LogP contribution in [0.5, 0.6) is 5.75 Å². The molecule has 1 heterocycles. The lowest BCUT2D eigenvalue weighted by atomic mass is 10.1. The maximum Gasteiger partial charge on any atom is 0.349 e. The maximum absolute atomic E-state index is 12.0. The number of rotatable bonds is 4. The second-order valence-corrected chi connectivity index (χ2v) is 4.97. The molecule has 0 bridgehead atoms. The Hall–Kier alpha value is -2.14. The van der Waals surface area contributed by atoms with Crippen molar-refractivity contribution in [2.45, 2.75) is 12.8 Å². The van der Waals surface area contributed by atoms with E-state index in [0.717, 1.165) is 5.56 Å². The normalized spacial score (nSPS) is 11.7. The highest BCUT2D eigenvalue weighted by atomic mass is 32.1. The summed E-state index contributed by atoms with van der Waals surface area (Å²) in [6, 6.07) is 8.47. The van der Waals surface area contributed by atoms with Crippen LogP contribution in [0, 0.1) is 0 Å². The molecular formula is C15H14O4S. The number of esters is 2. The summed E-state index contributed by atoms with van der Waals surface area (Å²) in [7, 11) is 1.46. The smallest absolute Gasteiger partial charge is 0.349 e. The molecule has 2 rings (SSSR count). The first-order valence-electron chi connectivity index (χ1n) is 6.04. The van der Waals surface area contributed by atoms with Gasteiger partial charge in [0.15, 0.2) is 0 Å². The fourth-order valence-electron chi connectivity index (χ4n) is 1.71. The third-order valence-corrected chi connectivity index (χ3v) is 3.62. The molecule has 1 aromatic heterocycles. The molecule has 0 amide bonds. The third-order valence-electron chi connectivity index (χ3n) is 2.92. The zero-order chi connectivity index (χ0) is 14.5. The van der Waals surface area contributed by atoms with Crippen LogP contribution >= 0.6 is 11.3 Å². The van der Waals surface area contributed by atoms with Crippen molar-refractivity contribution in [3.8, 4) is 5.75 Å². The number of hydrogen-bond acceptors (Lipinski definition) is 5. The molecule has 1 aromatic carbocycles. The van der Waals surface area contributed by atoms with Crippen LogP contribution in [0.1, 0.15) is 28.8 Å². The molecule has 104 valence electrons. The maximum atomic E-state index is 12.0. The van der Waals surface area contributed by atoms with Crippen LogP contribution in [0.4, 0.5) is 0 Å². The summed E-state index contributed by atoms with van der Waals surface area (Å²) in [5, 5.41) is 3.74. The van der Waals surface area contributed by atoms with Gasteiger partial charge < -0.3 is 9.47 Å². The van der Waals surface area contributed by atoms with Crippen molar-refractivity contribution in [2.24, 2.45) is 0 Å². The van der Waals surface area contributed by atoms with Crippen LogP contribution in [-0.4, -0.2) is 19.0 Å². The summed E-state index contributed by atoms with van der Waals surface area (Å²) >= 11 is 1.49. The van der Waals surface area contributed by atoms with E-state index in [0.29, 0.717) is 5.75 Å². The molecule has 4 nitrogen and oxygen atoms in total. The first-order valence-corrected chi connectivity index (χ1v) is 6.99. The lowest BCUT2D eigenvalue weighted by Crippen LogP contribution is -2.18. The number of methoxy groups -OCH3 is 1. The van der Waals surface area contributed by atoms with E-state index in [4.69, 9.17) is 9.47 Å². The van der Waals surface area contributed by atoms with Gasteiger partial charge in [-0.1, -0.05) is 12.1 Å². The van der Waals surface area contributed by atoms with Gasteiger partial charge in [-0.05, 0) is 41.4 Å². The van der Waals surface area contributed by atoms with Gasteiger partial charge in [-0.3, -0.25) is 4.79 Å². The van der Waals surface area contributed by atoms with Crippen LogP contribution < -0.4 is 4.74 Å². The van der Waals surface area contributed by atoms with Gasteiger partial charge in [-0.2, -0.15) is 11.3 Å². The molecule has 20 heavy (non-hydrogen) atoms. The van der Waals surface area contributed by atoms with Gasteiger partial charge in [0.05, 0.1) is 13.0 Å². The zero-order valence-corrected chi connectivity index (χ0v) is 12.0. The molecule has 0 radical (unpaired) electrons. The Morgan fingerprint density at radius 3 is 2.60 bits per heavy atom. The lowest BCUT2D eigenvalue weighted by molar-refractivity contribution is -0.139. The highest BCUT2D eigenvalue weighted by Gasteiger charge is 2.22. The van der Waals surface area contributed by atoms with Crippen LogP contribution in [0.3, 0.4) is 0 Å². The van der Waals surface area contributed by atoms with Gasteiger partial charge in [-0.25, -0.2) is 4.79 Å². The first kappa shape index (κ1) is 14.3. The molecule has 5 heteroatoms. The number of carbonyl (C=O) groups excluding carboxylic acids is 2. The number of benzene rings is 1. The Morgan fingerprint density at radius 1 is 1.20 bits per heavy atom. The topological polar surface area (TPSA) is 52.6 Å². The number of para-hydroxylation sites is 1. The second-order valence-electron chi connectivity index (χ2n) is 4.19. The molecule has 0 spiro atoms. The monoisotopic (exact) mass is 290 g/mol. The second kappa shape index (κ2) is 6.34. The molecule has 0 fully saturated rings. The molecule has 0 saturated carbocycles. The predicted octanol–water partition coefficient (Wildman–Crippen LogP) is 3.24. The van der Waals surface area contributed by atoms with Gasteiger partial charge in [0.2, 0.25) is 0 Å². The highest BCUT2D eigenvalue weighted by molar-refractivity contribution is 7.08. The van der Waals surface area contributed by atoms with E-state index in [1.165, 1.54) is 18.4 Å². The fourth-order valence-corrected chi connectivity index (χ4v) is 2.46.